The summed E-state index contributed by atoms with van der Waals surface area (Å²) < 4.78 is 39.7. The van der Waals surface area contributed by atoms with E-state index in [2.05, 4.69) is 0 Å². The third-order valence-corrected chi connectivity index (χ3v) is 9.14. The molecular formula is C27H24FNO4S. The van der Waals surface area contributed by atoms with E-state index >= 15 is 0 Å². The lowest BCUT2D eigenvalue weighted by molar-refractivity contribution is 0.0595. The van der Waals surface area contributed by atoms with Gasteiger partial charge in [0.05, 0.1) is 15.7 Å². The highest BCUT2D eigenvalue weighted by atomic mass is 32.2. The van der Waals surface area contributed by atoms with Gasteiger partial charge in [0.2, 0.25) is 0 Å². The highest BCUT2D eigenvalue weighted by Gasteiger charge is 2.47. The standard InChI is InChI=1S/C27H24FNO4S/c28-19-12-10-18(11-13-19)26(30)24-8-4-5-9-25(24)27(31)29-20-14-15-21(29)17-23(16-20)34(32,33)22-6-2-1-3-7-22/h1-13,20-21,23H,14-17H2. The molecule has 2 bridgehead atoms. The number of fused-ring (bicyclic) bond motifs is 2. The lowest BCUT2D eigenvalue weighted by Crippen LogP contribution is -2.50. The molecule has 2 heterocycles. The lowest BCUT2D eigenvalue weighted by atomic mass is 9.95. The van der Waals surface area contributed by atoms with Crippen molar-refractivity contribution in [3.05, 3.63) is 101 Å². The average molecular weight is 478 g/mol. The van der Waals surface area contributed by atoms with Crippen LogP contribution in [0.15, 0.2) is 83.8 Å². The van der Waals surface area contributed by atoms with Gasteiger partial charge in [0.1, 0.15) is 5.82 Å². The van der Waals surface area contributed by atoms with Crippen molar-refractivity contribution in [1.29, 1.82) is 0 Å². The second kappa shape index (κ2) is 8.80. The molecule has 0 radical (unpaired) electrons. The van der Waals surface area contributed by atoms with E-state index in [4.69, 9.17) is 0 Å². The zero-order valence-corrected chi connectivity index (χ0v) is 19.2. The normalized spacial score (nSPS) is 21.9. The van der Waals surface area contributed by atoms with E-state index in [0.29, 0.717) is 23.3 Å². The molecule has 5 nitrogen and oxygen atoms in total. The first-order chi connectivity index (χ1) is 16.4. The van der Waals surface area contributed by atoms with Crippen LogP contribution in [0.1, 0.15) is 52.0 Å². The maximum atomic E-state index is 13.7. The molecule has 0 spiro atoms. The summed E-state index contributed by atoms with van der Waals surface area (Å²) in [6.45, 7) is 0. The lowest BCUT2D eigenvalue weighted by Gasteiger charge is -2.39. The maximum absolute atomic E-state index is 13.7. The summed E-state index contributed by atoms with van der Waals surface area (Å²) >= 11 is 0. The van der Waals surface area contributed by atoms with Gasteiger partial charge in [-0.2, -0.15) is 0 Å². The SMILES string of the molecule is O=C(c1ccc(F)cc1)c1ccccc1C(=O)N1C2CCC1CC(S(=O)(=O)c1ccccc1)C2. The molecular weight excluding hydrogens is 453 g/mol. The number of amides is 1. The summed E-state index contributed by atoms with van der Waals surface area (Å²) in [5.41, 5.74) is 0.855. The minimum absolute atomic E-state index is 0.191. The fraction of sp³-hybridized carbons (Fsp3) is 0.259. The van der Waals surface area contributed by atoms with Crippen LogP contribution in [0.2, 0.25) is 0 Å². The molecule has 2 aliphatic heterocycles. The molecule has 1 amide bonds. The molecule has 2 unspecified atom stereocenters. The Hall–Kier alpha value is -3.32. The van der Waals surface area contributed by atoms with Crippen LogP contribution < -0.4 is 0 Å². The van der Waals surface area contributed by atoms with Crippen molar-refractivity contribution in [2.45, 2.75) is 47.9 Å². The molecule has 3 aromatic rings. The summed E-state index contributed by atoms with van der Waals surface area (Å²) in [4.78, 5) is 28.9. The van der Waals surface area contributed by atoms with Gasteiger partial charge in [0, 0.05) is 23.2 Å². The first-order valence-electron chi connectivity index (χ1n) is 11.4. The van der Waals surface area contributed by atoms with Crippen molar-refractivity contribution in [2.24, 2.45) is 0 Å². The van der Waals surface area contributed by atoms with Gasteiger partial charge in [-0.3, -0.25) is 9.59 Å². The van der Waals surface area contributed by atoms with E-state index < -0.39 is 20.9 Å². The summed E-state index contributed by atoms with van der Waals surface area (Å²) in [6.07, 6.45) is 2.25. The van der Waals surface area contributed by atoms with Gasteiger partial charge in [-0.05, 0) is 68.1 Å². The fourth-order valence-electron chi connectivity index (χ4n) is 5.28. The van der Waals surface area contributed by atoms with Gasteiger partial charge in [-0.15, -0.1) is 0 Å². The number of nitrogens with zero attached hydrogens (tertiary/aromatic N) is 1. The molecule has 3 aromatic carbocycles. The molecule has 2 atom stereocenters. The molecule has 2 aliphatic rings. The quantitative estimate of drug-likeness (QED) is 0.501. The molecule has 0 aromatic heterocycles. The number of rotatable bonds is 5. The fourth-order valence-corrected chi connectivity index (χ4v) is 7.15. The zero-order valence-electron chi connectivity index (χ0n) is 18.4. The van der Waals surface area contributed by atoms with Crippen molar-refractivity contribution in [1.82, 2.24) is 4.90 Å². The Bertz CT molecular complexity index is 1320. The summed E-state index contributed by atoms with van der Waals surface area (Å²) in [5, 5.41) is -0.535. The molecule has 2 saturated heterocycles. The number of hydrogen-bond donors (Lipinski definition) is 0. The van der Waals surface area contributed by atoms with Gasteiger partial charge in [-0.25, -0.2) is 12.8 Å². The predicted molar refractivity (Wildman–Crippen MR) is 126 cm³/mol. The number of benzene rings is 3. The predicted octanol–water partition coefficient (Wildman–Crippen LogP) is 4.67. The number of carbonyl (C=O) groups excluding carboxylic acids is 2. The smallest absolute Gasteiger partial charge is 0.255 e. The first kappa shape index (κ1) is 22.5. The van der Waals surface area contributed by atoms with E-state index in [1.165, 1.54) is 24.3 Å². The van der Waals surface area contributed by atoms with Crippen LogP contribution in [-0.2, 0) is 9.84 Å². The van der Waals surface area contributed by atoms with E-state index in [9.17, 15) is 22.4 Å². The highest BCUT2D eigenvalue weighted by molar-refractivity contribution is 7.92. The van der Waals surface area contributed by atoms with Gasteiger partial charge >= 0.3 is 0 Å². The van der Waals surface area contributed by atoms with Crippen LogP contribution in [0.3, 0.4) is 0 Å². The maximum Gasteiger partial charge on any atom is 0.255 e. The largest absolute Gasteiger partial charge is 0.333 e. The van der Waals surface area contributed by atoms with E-state index in [1.807, 2.05) is 0 Å². The molecule has 0 aliphatic carbocycles. The van der Waals surface area contributed by atoms with Crippen LogP contribution in [0, 0.1) is 5.82 Å². The van der Waals surface area contributed by atoms with Crippen molar-refractivity contribution in [2.75, 3.05) is 0 Å². The second-order valence-electron chi connectivity index (χ2n) is 8.93. The molecule has 5 rings (SSSR count). The Labute approximate surface area is 198 Å². The van der Waals surface area contributed by atoms with Gasteiger partial charge in [0.15, 0.2) is 15.6 Å². The number of ketones is 1. The summed E-state index contributed by atoms with van der Waals surface area (Å²) in [6, 6.07) is 20.0. The van der Waals surface area contributed by atoms with Gasteiger partial charge in [-0.1, -0.05) is 36.4 Å². The molecule has 34 heavy (non-hydrogen) atoms. The topological polar surface area (TPSA) is 71.5 Å². The Morgan fingerprint density at radius 3 is 1.94 bits per heavy atom. The molecule has 0 N–H and O–H groups in total. The number of carbonyl (C=O) groups is 2. The number of halogens is 1. The minimum atomic E-state index is -3.49. The van der Waals surface area contributed by atoms with E-state index in [-0.39, 0.29) is 34.9 Å². The van der Waals surface area contributed by atoms with Crippen LogP contribution in [0.4, 0.5) is 4.39 Å². The monoisotopic (exact) mass is 477 g/mol. The number of piperidine rings is 1. The van der Waals surface area contributed by atoms with Crippen LogP contribution >= 0.6 is 0 Å². The van der Waals surface area contributed by atoms with E-state index in [0.717, 1.165) is 12.8 Å². The molecule has 0 saturated carbocycles. The minimum Gasteiger partial charge on any atom is -0.333 e. The van der Waals surface area contributed by atoms with Crippen molar-refractivity contribution >= 4 is 21.5 Å². The third kappa shape index (κ3) is 3.94. The highest BCUT2D eigenvalue weighted by Crippen LogP contribution is 2.41. The Morgan fingerprint density at radius 1 is 0.765 bits per heavy atom. The van der Waals surface area contributed by atoms with Crippen molar-refractivity contribution in [3.8, 4) is 0 Å². The van der Waals surface area contributed by atoms with Crippen molar-refractivity contribution < 1.29 is 22.4 Å². The molecule has 7 heteroatoms. The zero-order chi connectivity index (χ0) is 23.9. The van der Waals surface area contributed by atoms with Crippen LogP contribution in [-0.4, -0.2) is 42.3 Å². The van der Waals surface area contributed by atoms with E-state index in [1.54, 1.807) is 59.5 Å². The summed E-state index contributed by atoms with van der Waals surface area (Å²) in [7, 11) is -3.49. The Balaban J connectivity index is 1.41. The number of sulfone groups is 1. The van der Waals surface area contributed by atoms with Gasteiger partial charge < -0.3 is 4.90 Å². The third-order valence-electron chi connectivity index (χ3n) is 6.94. The molecule has 2 fully saturated rings. The van der Waals surface area contributed by atoms with Crippen LogP contribution in [0.5, 0.6) is 0 Å². The average Bonchev–Trinajstić information content (AvgIpc) is 3.12. The Morgan fingerprint density at radius 2 is 1.32 bits per heavy atom. The molecule has 174 valence electrons. The van der Waals surface area contributed by atoms with Crippen LogP contribution in [0.25, 0.3) is 0 Å². The number of hydrogen-bond acceptors (Lipinski definition) is 4. The Kier molecular flexibility index (Phi) is 5.81. The van der Waals surface area contributed by atoms with Gasteiger partial charge in [0.25, 0.3) is 5.91 Å². The summed E-state index contributed by atoms with van der Waals surface area (Å²) in [5.74, 6) is -1.04. The first-order valence-corrected chi connectivity index (χ1v) is 12.9. The second-order valence-corrected chi connectivity index (χ2v) is 11.2. The van der Waals surface area contributed by atoms with Crippen molar-refractivity contribution in [3.63, 3.8) is 0 Å².